The van der Waals surface area contributed by atoms with E-state index in [1.807, 2.05) is 18.2 Å². The molecule has 0 aromatic heterocycles. The molecule has 1 saturated heterocycles. The van der Waals surface area contributed by atoms with E-state index in [1.165, 1.54) is 30.7 Å². The van der Waals surface area contributed by atoms with Gasteiger partial charge >= 0.3 is 6.09 Å². The van der Waals surface area contributed by atoms with Gasteiger partial charge in [-0.15, -0.1) is 0 Å². The van der Waals surface area contributed by atoms with Crippen LogP contribution in [0.15, 0.2) is 66.7 Å². The summed E-state index contributed by atoms with van der Waals surface area (Å²) in [6, 6.07) is 17.8. The van der Waals surface area contributed by atoms with Gasteiger partial charge in [0.05, 0.1) is 11.4 Å². The summed E-state index contributed by atoms with van der Waals surface area (Å²) in [6.45, 7) is 4.01. The van der Waals surface area contributed by atoms with Crippen molar-refractivity contribution in [3.8, 4) is 0 Å². The lowest BCUT2D eigenvalue weighted by molar-refractivity contribution is 0.000952. The average molecular weight is 481 g/mol. The van der Waals surface area contributed by atoms with Gasteiger partial charge < -0.3 is 4.74 Å². The van der Waals surface area contributed by atoms with Gasteiger partial charge in [0, 0.05) is 43.1 Å². The zero-order chi connectivity index (χ0) is 24.5. The van der Waals surface area contributed by atoms with Gasteiger partial charge in [-0.25, -0.2) is 22.9 Å². The summed E-state index contributed by atoms with van der Waals surface area (Å²) in [4.78, 5) is 17.0. The standard InChI is InChI=1S/C28H27F3N2O2/c1-18-23(29)8-5-9-26(18)33(22-12-13-24(30)25(31)14-22)28(34)35-27-20-10-11-21(27)17-32(16-20)15-19-6-3-2-4-7-19/h2-9,12-14,20-21,27H,10-11,15-17H2,1H3. The Labute approximate surface area is 202 Å². The first-order valence-corrected chi connectivity index (χ1v) is 11.9. The van der Waals surface area contributed by atoms with Gasteiger partial charge in [0.2, 0.25) is 0 Å². The van der Waals surface area contributed by atoms with Crippen LogP contribution < -0.4 is 4.90 Å². The Bertz CT molecular complexity index is 1210. The minimum atomic E-state index is -1.09. The monoisotopic (exact) mass is 480 g/mol. The van der Waals surface area contributed by atoms with E-state index in [9.17, 15) is 18.0 Å². The van der Waals surface area contributed by atoms with E-state index in [0.717, 1.165) is 49.5 Å². The Hall–Kier alpha value is -3.32. The number of nitrogens with zero attached hydrogens (tertiary/aromatic N) is 2. The van der Waals surface area contributed by atoms with Crippen molar-refractivity contribution in [3.05, 3.63) is 95.3 Å². The van der Waals surface area contributed by atoms with E-state index >= 15 is 0 Å². The number of hydrogen-bond donors (Lipinski definition) is 0. The number of ether oxygens (including phenoxy) is 1. The van der Waals surface area contributed by atoms with E-state index < -0.39 is 23.5 Å². The number of rotatable bonds is 5. The molecule has 1 aliphatic carbocycles. The van der Waals surface area contributed by atoms with Crippen LogP contribution in [0.5, 0.6) is 0 Å². The van der Waals surface area contributed by atoms with Crippen LogP contribution in [0.2, 0.25) is 0 Å². The number of anilines is 2. The molecule has 2 atom stereocenters. The molecule has 3 aromatic carbocycles. The van der Waals surface area contributed by atoms with E-state index in [-0.39, 0.29) is 34.9 Å². The molecule has 1 aliphatic heterocycles. The summed E-state index contributed by atoms with van der Waals surface area (Å²) in [5, 5.41) is 0. The third-order valence-corrected chi connectivity index (χ3v) is 7.13. The summed E-state index contributed by atoms with van der Waals surface area (Å²) in [7, 11) is 0. The second kappa shape index (κ2) is 9.74. The van der Waals surface area contributed by atoms with Gasteiger partial charge in [0.15, 0.2) is 11.6 Å². The maximum Gasteiger partial charge on any atom is 0.419 e. The summed E-state index contributed by atoms with van der Waals surface area (Å²) in [6.07, 6.45) is 0.912. The molecule has 2 fully saturated rings. The molecule has 0 spiro atoms. The van der Waals surface area contributed by atoms with Crippen LogP contribution in [0.4, 0.5) is 29.3 Å². The number of fused-ring (bicyclic) bond motifs is 2. The first kappa shape index (κ1) is 23.4. The molecule has 182 valence electrons. The largest absolute Gasteiger partial charge is 0.445 e. The Morgan fingerprint density at radius 1 is 0.914 bits per heavy atom. The third-order valence-electron chi connectivity index (χ3n) is 7.13. The minimum absolute atomic E-state index is 0.0801. The molecule has 1 amide bonds. The second-order valence-corrected chi connectivity index (χ2v) is 9.44. The fourth-order valence-corrected chi connectivity index (χ4v) is 5.41. The number of hydrogen-bond acceptors (Lipinski definition) is 3. The fourth-order valence-electron chi connectivity index (χ4n) is 5.41. The molecule has 0 N–H and O–H groups in total. The number of amides is 1. The van der Waals surface area contributed by atoms with E-state index in [0.29, 0.717) is 0 Å². The van der Waals surface area contributed by atoms with Crippen LogP contribution in [-0.4, -0.2) is 30.2 Å². The Balaban J connectivity index is 1.38. The summed E-state index contributed by atoms with van der Waals surface area (Å²) < 4.78 is 48.1. The highest BCUT2D eigenvalue weighted by Gasteiger charge is 2.45. The maximum atomic E-state index is 14.4. The normalized spacial score (nSPS) is 21.7. The lowest BCUT2D eigenvalue weighted by atomic mass is 9.94. The highest BCUT2D eigenvalue weighted by molar-refractivity contribution is 5.97. The van der Waals surface area contributed by atoms with Gasteiger partial charge in [-0.05, 0) is 49.6 Å². The Morgan fingerprint density at radius 3 is 2.31 bits per heavy atom. The molecule has 1 heterocycles. The molecule has 0 radical (unpaired) electrons. The quantitative estimate of drug-likeness (QED) is 0.413. The lowest BCUT2D eigenvalue weighted by Gasteiger charge is -2.38. The number of benzene rings is 3. The molecule has 7 heteroatoms. The smallest absolute Gasteiger partial charge is 0.419 e. The van der Waals surface area contributed by atoms with Crippen molar-refractivity contribution in [2.75, 3.05) is 18.0 Å². The zero-order valence-corrected chi connectivity index (χ0v) is 19.5. The first-order chi connectivity index (χ1) is 16.9. The highest BCUT2D eigenvalue weighted by Crippen LogP contribution is 2.41. The highest BCUT2D eigenvalue weighted by atomic mass is 19.2. The molecule has 4 nitrogen and oxygen atoms in total. The van der Waals surface area contributed by atoms with Crippen molar-refractivity contribution in [2.24, 2.45) is 11.8 Å². The van der Waals surface area contributed by atoms with Gasteiger partial charge in [-0.3, -0.25) is 4.90 Å². The molecule has 2 unspecified atom stereocenters. The van der Waals surface area contributed by atoms with Gasteiger partial charge in [0.1, 0.15) is 11.9 Å². The van der Waals surface area contributed by atoms with Gasteiger partial charge in [-0.2, -0.15) is 0 Å². The average Bonchev–Trinajstić information content (AvgIpc) is 3.07. The van der Waals surface area contributed by atoms with Crippen LogP contribution >= 0.6 is 0 Å². The van der Waals surface area contributed by atoms with Crippen molar-refractivity contribution in [1.82, 2.24) is 4.90 Å². The molecule has 35 heavy (non-hydrogen) atoms. The van der Waals surface area contributed by atoms with Crippen LogP contribution in [0.3, 0.4) is 0 Å². The maximum absolute atomic E-state index is 14.4. The lowest BCUT2D eigenvalue weighted by Crippen LogP contribution is -2.47. The summed E-state index contributed by atoms with van der Waals surface area (Å²) in [5.74, 6) is -2.26. The van der Waals surface area contributed by atoms with Gasteiger partial charge in [0.25, 0.3) is 0 Å². The predicted molar refractivity (Wildman–Crippen MR) is 128 cm³/mol. The van der Waals surface area contributed by atoms with Crippen LogP contribution in [0.1, 0.15) is 24.0 Å². The second-order valence-electron chi connectivity index (χ2n) is 9.44. The van der Waals surface area contributed by atoms with Crippen molar-refractivity contribution < 1.29 is 22.7 Å². The number of piperidine rings is 1. The summed E-state index contributed by atoms with van der Waals surface area (Å²) >= 11 is 0. The number of likely N-dealkylation sites (tertiary alicyclic amines) is 1. The molecule has 1 saturated carbocycles. The van der Waals surface area contributed by atoms with E-state index in [1.54, 1.807) is 6.07 Å². The summed E-state index contributed by atoms with van der Waals surface area (Å²) in [5.41, 5.74) is 1.77. The van der Waals surface area contributed by atoms with Crippen molar-refractivity contribution in [2.45, 2.75) is 32.4 Å². The van der Waals surface area contributed by atoms with E-state index in [2.05, 4.69) is 17.0 Å². The van der Waals surface area contributed by atoms with Crippen molar-refractivity contribution >= 4 is 17.5 Å². The first-order valence-electron chi connectivity index (χ1n) is 11.9. The zero-order valence-electron chi connectivity index (χ0n) is 19.5. The Kier molecular flexibility index (Phi) is 6.52. The van der Waals surface area contributed by atoms with Gasteiger partial charge in [-0.1, -0.05) is 36.4 Å². The molecule has 2 bridgehead atoms. The molecular formula is C28H27F3N2O2. The van der Waals surface area contributed by atoms with Crippen LogP contribution in [0, 0.1) is 36.2 Å². The minimum Gasteiger partial charge on any atom is -0.445 e. The van der Waals surface area contributed by atoms with Crippen molar-refractivity contribution in [3.63, 3.8) is 0 Å². The third kappa shape index (κ3) is 4.78. The van der Waals surface area contributed by atoms with Crippen LogP contribution in [0.25, 0.3) is 0 Å². The molecule has 2 aliphatic rings. The Morgan fingerprint density at radius 2 is 1.63 bits per heavy atom. The van der Waals surface area contributed by atoms with Crippen LogP contribution in [-0.2, 0) is 11.3 Å². The molecule has 5 rings (SSSR count). The fraction of sp³-hybridized carbons (Fsp3) is 0.321. The topological polar surface area (TPSA) is 32.8 Å². The van der Waals surface area contributed by atoms with E-state index in [4.69, 9.17) is 4.74 Å². The number of carbonyl (C=O) groups is 1. The number of carbonyl (C=O) groups excluding carboxylic acids is 1. The van der Waals surface area contributed by atoms with Crippen molar-refractivity contribution in [1.29, 1.82) is 0 Å². The molecular weight excluding hydrogens is 453 g/mol. The SMILES string of the molecule is Cc1c(F)cccc1N(C(=O)OC1C2CCC1CN(Cc1ccccc1)C2)c1ccc(F)c(F)c1. The number of halogens is 3. The molecule has 3 aromatic rings. The predicted octanol–water partition coefficient (Wildman–Crippen LogP) is 6.60.